The third-order valence-corrected chi connectivity index (χ3v) is 2.84. The average molecular weight is 287 g/mol. The van der Waals surface area contributed by atoms with Crippen LogP contribution >= 0.6 is 0 Å². The number of hydrogen-bond donors (Lipinski definition) is 3. The van der Waals surface area contributed by atoms with Crippen LogP contribution < -0.4 is 10.5 Å². The van der Waals surface area contributed by atoms with E-state index in [1.165, 1.54) is 18.2 Å². The molecule has 1 atom stereocenters. The molecule has 1 unspecified atom stereocenters. The fourth-order valence-electron chi connectivity index (χ4n) is 1.85. The number of aliphatic hydroxyl groups excluding tert-OH is 1. The summed E-state index contributed by atoms with van der Waals surface area (Å²) < 4.78 is 4.58. The first-order valence-electron chi connectivity index (χ1n) is 6.07. The molecule has 0 aromatic heterocycles. The number of ketones is 1. The first kappa shape index (κ1) is 14.5. The molecule has 0 aliphatic rings. The summed E-state index contributed by atoms with van der Waals surface area (Å²) in [5, 5.41) is 20.0. The van der Waals surface area contributed by atoms with Gasteiger partial charge in [0.25, 0.3) is 0 Å². The zero-order chi connectivity index (χ0) is 15.4. The molecule has 0 aliphatic carbocycles. The van der Waals surface area contributed by atoms with Gasteiger partial charge in [0.2, 0.25) is 0 Å². The van der Waals surface area contributed by atoms with Crippen LogP contribution in [0.5, 0.6) is 11.5 Å². The first-order valence-corrected chi connectivity index (χ1v) is 6.07. The van der Waals surface area contributed by atoms with Crippen molar-refractivity contribution >= 4 is 11.9 Å². The number of rotatable bonds is 4. The van der Waals surface area contributed by atoms with E-state index in [0.717, 1.165) is 0 Å². The SMILES string of the molecule is NC(=O)Oc1cccc(C(=O)C(O)c2ccccc2)c1O. The third kappa shape index (κ3) is 3.18. The summed E-state index contributed by atoms with van der Waals surface area (Å²) in [6.07, 6.45) is -2.54. The molecule has 0 fully saturated rings. The number of nitrogens with two attached hydrogens (primary N) is 1. The van der Waals surface area contributed by atoms with E-state index in [1.807, 2.05) is 0 Å². The Hall–Kier alpha value is -2.86. The standard InChI is InChI=1S/C15H13NO5/c16-15(20)21-11-8-4-7-10(13(11)18)14(19)12(17)9-5-2-1-3-6-9/h1-8,12,17-18H,(H2,16,20). The second-order valence-electron chi connectivity index (χ2n) is 4.25. The molecule has 2 rings (SSSR count). The highest BCUT2D eigenvalue weighted by Crippen LogP contribution is 2.32. The van der Waals surface area contributed by atoms with E-state index in [9.17, 15) is 19.8 Å². The molecule has 21 heavy (non-hydrogen) atoms. The van der Waals surface area contributed by atoms with E-state index in [-0.39, 0.29) is 11.3 Å². The number of ether oxygens (including phenoxy) is 1. The molecule has 2 aromatic rings. The maximum atomic E-state index is 12.2. The molecule has 0 radical (unpaired) electrons. The maximum Gasteiger partial charge on any atom is 0.410 e. The van der Waals surface area contributed by atoms with Crippen LogP contribution in [0, 0.1) is 0 Å². The quantitative estimate of drug-likeness (QED) is 0.742. The largest absolute Gasteiger partial charge is 0.504 e. The predicted molar refractivity (Wildman–Crippen MR) is 74.1 cm³/mol. The lowest BCUT2D eigenvalue weighted by molar-refractivity contribution is 0.0744. The number of amides is 1. The summed E-state index contributed by atoms with van der Waals surface area (Å²) in [7, 11) is 0. The maximum absolute atomic E-state index is 12.2. The molecular formula is C15H13NO5. The van der Waals surface area contributed by atoms with E-state index >= 15 is 0 Å². The van der Waals surface area contributed by atoms with E-state index in [0.29, 0.717) is 5.56 Å². The van der Waals surface area contributed by atoms with Crippen molar-refractivity contribution in [1.29, 1.82) is 0 Å². The molecular weight excluding hydrogens is 274 g/mol. The average Bonchev–Trinajstić information content (AvgIpc) is 2.48. The van der Waals surface area contributed by atoms with E-state index in [2.05, 4.69) is 4.74 Å². The summed E-state index contributed by atoms with van der Waals surface area (Å²) in [5.74, 6) is -1.50. The first-order chi connectivity index (χ1) is 10.0. The minimum Gasteiger partial charge on any atom is -0.504 e. The van der Waals surface area contributed by atoms with Crippen molar-refractivity contribution in [3.05, 3.63) is 59.7 Å². The molecule has 1 amide bonds. The van der Waals surface area contributed by atoms with Gasteiger partial charge in [0.15, 0.2) is 17.3 Å². The van der Waals surface area contributed by atoms with E-state index in [4.69, 9.17) is 5.73 Å². The van der Waals surface area contributed by atoms with Gasteiger partial charge in [-0.25, -0.2) is 4.79 Å². The second kappa shape index (κ2) is 6.06. The zero-order valence-electron chi connectivity index (χ0n) is 10.9. The lowest BCUT2D eigenvalue weighted by Gasteiger charge is -2.12. The topological polar surface area (TPSA) is 110 Å². The Morgan fingerprint density at radius 3 is 2.33 bits per heavy atom. The van der Waals surface area contributed by atoms with Crippen molar-refractivity contribution in [2.75, 3.05) is 0 Å². The number of hydrogen-bond acceptors (Lipinski definition) is 5. The summed E-state index contributed by atoms with van der Waals surface area (Å²) in [4.78, 5) is 22.9. The number of phenols is 1. The molecule has 4 N–H and O–H groups in total. The molecule has 108 valence electrons. The van der Waals surface area contributed by atoms with Crippen molar-refractivity contribution in [3.8, 4) is 11.5 Å². The van der Waals surface area contributed by atoms with Gasteiger partial charge in [-0.2, -0.15) is 0 Å². The van der Waals surface area contributed by atoms with Crippen molar-refractivity contribution in [3.63, 3.8) is 0 Å². The normalized spacial score (nSPS) is 11.7. The van der Waals surface area contributed by atoms with Crippen LogP contribution in [0.15, 0.2) is 48.5 Å². The number of phenolic OH excluding ortho intramolecular Hbond substituents is 1. The van der Waals surface area contributed by atoms with Gasteiger partial charge in [0.1, 0.15) is 6.10 Å². The van der Waals surface area contributed by atoms with E-state index < -0.39 is 23.7 Å². The van der Waals surface area contributed by atoms with Gasteiger partial charge in [-0.1, -0.05) is 36.4 Å². The molecule has 0 saturated carbocycles. The van der Waals surface area contributed by atoms with Gasteiger partial charge in [0, 0.05) is 0 Å². The molecule has 0 spiro atoms. The minimum atomic E-state index is -1.43. The Morgan fingerprint density at radius 2 is 1.71 bits per heavy atom. The fraction of sp³-hybridized carbons (Fsp3) is 0.0667. The second-order valence-corrected chi connectivity index (χ2v) is 4.25. The van der Waals surface area contributed by atoms with Crippen molar-refractivity contribution in [2.24, 2.45) is 5.73 Å². The highest BCUT2D eigenvalue weighted by atomic mass is 16.6. The summed E-state index contributed by atoms with van der Waals surface area (Å²) in [6, 6.07) is 12.3. The third-order valence-electron chi connectivity index (χ3n) is 2.84. The molecule has 6 heteroatoms. The van der Waals surface area contributed by atoms with Crippen LogP contribution in [0.1, 0.15) is 22.0 Å². The smallest absolute Gasteiger partial charge is 0.410 e. The number of para-hydroxylation sites is 1. The minimum absolute atomic E-state index is 0.162. The van der Waals surface area contributed by atoms with Crippen LogP contribution in [0.2, 0.25) is 0 Å². The van der Waals surface area contributed by atoms with Gasteiger partial charge in [-0.15, -0.1) is 0 Å². The summed E-state index contributed by atoms with van der Waals surface area (Å²) >= 11 is 0. The van der Waals surface area contributed by atoms with Gasteiger partial charge in [-0.3, -0.25) is 4.79 Å². The molecule has 0 aliphatic heterocycles. The molecule has 0 heterocycles. The Kier molecular flexibility index (Phi) is 4.20. The fourth-order valence-corrected chi connectivity index (χ4v) is 1.85. The van der Waals surface area contributed by atoms with Gasteiger partial charge < -0.3 is 20.7 Å². The van der Waals surface area contributed by atoms with Crippen LogP contribution in [0.4, 0.5) is 4.79 Å². The highest BCUT2D eigenvalue weighted by molar-refractivity contribution is 6.02. The molecule has 0 saturated heterocycles. The Labute approximate surface area is 120 Å². The number of Topliss-reactive ketones (excluding diaryl/α,β-unsaturated/α-hetero) is 1. The van der Waals surface area contributed by atoms with Crippen LogP contribution in [0.3, 0.4) is 0 Å². The summed E-state index contributed by atoms with van der Waals surface area (Å²) in [5.41, 5.74) is 5.09. The summed E-state index contributed by atoms with van der Waals surface area (Å²) in [6.45, 7) is 0. The molecule has 6 nitrogen and oxygen atoms in total. The van der Waals surface area contributed by atoms with Crippen molar-refractivity contribution < 1.29 is 24.5 Å². The molecule has 2 aromatic carbocycles. The Bertz CT molecular complexity index is 669. The number of benzene rings is 2. The molecule has 0 bridgehead atoms. The van der Waals surface area contributed by atoms with E-state index in [1.54, 1.807) is 30.3 Å². The van der Waals surface area contributed by atoms with Crippen LogP contribution in [-0.4, -0.2) is 22.1 Å². The van der Waals surface area contributed by atoms with Crippen LogP contribution in [0.25, 0.3) is 0 Å². The van der Waals surface area contributed by atoms with Gasteiger partial charge in [0.05, 0.1) is 5.56 Å². The zero-order valence-corrected chi connectivity index (χ0v) is 10.9. The van der Waals surface area contributed by atoms with Crippen LogP contribution in [-0.2, 0) is 0 Å². The monoisotopic (exact) mass is 287 g/mol. The number of aliphatic hydroxyl groups is 1. The number of aromatic hydroxyl groups is 1. The van der Waals surface area contributed by atoms with Gasteiger partial charge >= 0.3 is 6.09 Å². The highest BCUT2D eigenvalue weighted by Gasteiger charge is 2.23. The van der Waals surface area contributed by atoms with Crippen molar-refractivity contribution in [1.82, 2.24) is 0 Å². The number of carbonyl (C=O) groups excluding carboxylic acids is 2. The Balaban J connectivity index is 2.33. The van der Waals surface area contributed by atoms with Gasteiger partial charge in [-0.05, 0) is 17.7 Å². The lowest BCUT2D eigenvalue weighted by atomic mass is 9.99. The lowest BCUT2D eigenvalue weighted by Crippen LogP contribution is -2.17. The number of carbonyl (C=O) groups is 2. The Morgan fingerprint density at radius 1 is 1.05 bits per heavy atom. The predicted octanol–water partition coefficient (Wildman–Crippen LogP) is 1.77. The van der Waals surface area contributed by atoms with Crippen molar-refractivity contribution in [2.45, 2.75) is 6.10 Å². The number of primary amides is 1.